The molecule has 1 heteroatoms. The molecule has 1 rings (SSSR count). The Balaban J connectivity index is 2.57. The van der Waals surface area contributed by atoms with Crippen LogP contribution in [0.25, 0.3) is 0 Å². The van der Waals surface area contributed by atoms with Crippen molar-refractivity contribution in [2.45, 2.75) is 25.9 Å². The summed E-state index contributed by atoms with van der Waals surface area (Å²) in [6.07, 6.45) is 0.384. The molecule has 1 atom stereocenters. The van der Waals surface area contributed by atoms with Crippen molar-refractivity contribution in [3.05, 3.63) is 35.9 Å². The standard InChI is InChI=1S/C12H13F/c1-2-6-12(13)10-9-11-7-4-3-5-8-11/h3-5,7-8,12H,2,6H2,1H3. The lowest BCUT2D eigenvalue weighted by Gasteiger charge is -1.94. The highest BCUT2D eigenvalue weighted by molar-refractivity contribution is 5.34. The van der Waals surface area contributed by atoms with Crippen molar-refractivity contribution in [3.63, 3.8) is 0 Å². The van der Waals surface area contributed by atoms with Crippen LogP contribution in [0.1, 0.15) is 25.3 Å². The Hall–Kier alpha value is -1.29. The van der Waals surface area contributed by atoms with Crippen LogP contribution in [0.4, 0.5) is 4.39 Å². The first-order chi connectivity index (χ1) is 6.33. The van der Waals surface area contributed by atoms with Crippen LogP contribution in [0.3, 0.4) is 0 Å². The Morgan fingerprint density at radius 3 is 2.62 bits per heavy atom. The normalized spacial score (nSPS) is 11.5. The highest BCUT2D eigenvalue weighted by Crippen LogP contribution is 2.01. The number of hydrogen-bond donors (Lipinski definition) is 0. The molecular weight excluding hydrogens is 163 g/mol. The zero-order valence-electron chi connectivity index (χ0n) is 7.76. The van der Waals surface area contributed by atoms with E-state index in [-0.39, 0.29) is 0 Å². The van der Waals surface area contributed by atoms with Crippen LogP contribution in [-0.2, 0) is 0 Å². The Kier molecular flexibility index (Phi) is 4.05. The van der Waals surface area contributed by atoms with Gasteiger partial charge in [-0.2, -0.15) is 0 Å². The van der Waals surface area contributed by atoms with E-state index < -0.39 is 6.17 Å². The highest BCUT2D eigenvalue weighted by Gasteiger charge is 1.97. The summed E-state index contributed by atoms with van der Waals surface area (Å²) in [5, 5.41) is 0. The van der Waals surface area contributed by atoms with Gasteiger partial charge in [0.25, 0.3) is 0 Å². The van der Waals surface area contributed by atoms with Gasteiger partial charge in [-0.05, 0) is 18.6 Å². The molecular formula is C12H13F. The monoisotopic (exact) mass is 176 g/mol. The van der Waals surface area contributed by atoms with E-state index >= 15 is 0 Å². The molecule has 0 saturated carbocycles. The van der Waals surface area contributed by atoms with Crippen molar-refractivity contribution >= 4 is 0 Å². The highest BCUT2D eigenvalue weighted by atomic mass is 19.1. The first-order valence-corrected chi connectivity index (χ1v) is 4.53. The van der Waals surface area contributed by atoms with Crippen LogP contribution in [0.15, 0.2) is 30.3 Å². The molecule has 13 heavy (non-hydrogen) atoms. The molecule has 0 bridgehead atoms. The van der Waals surface area contributed by atoms with E-state index in [0.29, 0.717) is 6.42 Å². The molecule has 0 heterocycles. The predicted molar refractivity (Wildman–Crippen MR) is 53.1 cm³/mol. The van der Waals surface area contributed by atoms with Crippen LogP contribution in [-0.4, -0.2) is 6.17 Å². The number of rotatable bonds is 2. The lowest BCUT2D eigenvalue weighted by Crippen LogP contribution is -1.93. The third kappa shape index (κ3) is 3.75. The van der Waals surface area contributed by atoms with Crippen molar-refractivity contribution in [2.24, 2.45) is 0 Å². The van der Waals surface area contributed by atoms with E-state index in [2.05, 4.69) is 11.8 Å². The molecule has 68 valence electrons. The molecule has 0 aliphatic rings. The van der Waals surface area contributed by atoms with E-state index in [1.807, 2.05) is 37.3 Å². The SMILES string of the molecule is CCCC(F)C#Cc1ccccc1. The maximum absolute atomic E-state index is 12.9. The average Bonchev–Trinajstić information content (AvgIpc) is 2.17. The molecule has 0 N–H and O–H groups in total. The summed E-state index contributed by atoms with van der Waals surface area (Å²) in [5.74, 6) is 5.39. The van der Waals surface area contributed by atoms with Crippen molar-refractivity contribution in [3.8, 4) is 11.8 Å². The fourth-order valence-corrected chi connectivity index (χ4v) is 1.01. The second-order valence-corrected chi connectivity index (χ2v) is 2.89. The van der Waals surface area contributed by atoms with Crippen LogP contribution >= 0.6 is 0 Å². The number of alkyl halides is 1. The first-order valence-electron chi connectivity index (χ1n) is 4.53. The fraction of sp³-hybridized carbons (Fsp3) is 0.333. The number of hydrogen-bond acceptors (Lipinski definition) is 0. The van der Waals surface area contributed by atoms with Gasteiger partial charge in [-0.15, -0.1) is 0 Å². The van der Waals surface area contributed by atoms with Crippen LogP contribution in [0.5, 0.6) is 0 Å². The molecule has 0 amide bonds. The molecule has 0 aliphatic heterocycles. The lowest BCUT2D eigenvalue weighted by molar-refractivity contribution is 0.388. The van der Waals surface area contributed by atoms with Gasteiger partial charge in [-0.25, -0.2) is 4.39 Å². The fourth-order valence-electron chi connectivity index (χ4n) is 1.01. The molecule has 0 fully saturated rings. The summed E-state index contributed by atoms with van der Waals surface area (Å²) in [4.78, 5) is 0. The van der Waals surface area contributed by atoms with Crippen molar-refractivity contribution in [1.82, 2.24) is 0 Å². The summed E-state index contributed by atoms with van der Waals surface area (Å²) in [6, 6.07) is 9.48. The summed E-state index contributed by atoms with van der Waals surface area (Å²) >= 11 is 0. The predicted octanol–water partition coefficient (Wildman–Crippen LogP) is 3.18. The van der Waals surface area contributed by atoms with Crippen molar-refractivity contribution in [1.29, 1.82) is 0 Å². The van der Waals surface area contributed by atoms with Gasteiger partial charge < -0.3 is 0 Å². The summed E-state index contributed by atoms with van der Waals surface area (Å²) < 4.78 is 12.9. The molecule has 0 aliphatic carbocycles. The molecule has 1 unspecified atom stereocenters. The second kappa shape index (κ2) is 5.37. The third-order valence-corrected chi connectivity index (χ3v) is 1.69. The van der Waals surface area contributed by atoms with Crippen molar-refractivity contribution in [2.75, 3.05) is 0 Å². The molecule has 1 aromatic carbocycles. The zero-order chi connectivity index (χ0) is 9.52. The minimum Gasteiger partial charge on any atom is -0.233 e. The topological polar surface area (TPSA) is 0 Å². The Labute approximate surface area is 78.8 Å². The van der Waals surface area contributed by atoms with Crippen LogP contribution in [0, 0.1) is 11.8 Å². The smallest absolute Gasteiger partial charge is 0.161 e. The van der Waals surface area contributed by atoms with E-state index in [0.717, 1.165) is 12.0 Å². The maximum atomic E-state index is 12.9. The summed E-state index contributed by atoms with van der Waals surface area (Å²) in [7, 11) is 0. The maximum Gasteiger partial charge on any atom is 0.161 e. The molecule has 1 aromatic rings. The van der Waals surface area contributed by atoms with Gasteiger partial charge in [0.05, 0.1) is 0 Å². The summed E-state index contributed by atoms with van der Waals surface area (Å²) in [6.45, 7) is 1.96. The minimum atomic E-state index is -0.981. The molecule has 0 spiro atoms. The van der Waals surface area contributed by atoms with Gasteiger partial charge in [0, 0.05) is 5.56 Å². The first kappa shape index (κ1) is 9.80. The zero-order valence-corrected chi connectivity index (χ0v) is 7.76. The van der Waals surface area contributed by atoms with Gasteiger partial charge >= 0.3 is 0 Å². The Morgan fingerprint density at radius 2 is 2.00 bits per heavy atom. The number of halogens is 1. The van der Waals surface area contributed by atoms with Gasteiger partial charge in [0.15, 0.2) is 6.17 Å². The Morgan fingerprint density at radius 1 is 1.31 bits per heavy atom. The van der Waals surface area contributed by atoms with Gasteiger partial charge in [-0.3, -0.25) is 0 Å². The van der Waals surface area contributed by atoms with Gasteiger partial charge in [0.1, 0.15) is 0 Å². The minimum absolute atomic E-state index is 0.528. The summed E-state index contributed by atoms with van der Waals surface area (Å²) in [5.41, 5.74) is 0.876. The number of benzene rings is 1. The molecule has 0 nitrogen and oxygen atoms in total. The Bertz CT molecular complexity index is 292. The van der Waals surface area contributed by atoms with E-state index in [4.69, 9.17) is 0 Å². The molecule has 0 aromatic heterocycles. The lowest BCUT2D eigenvalue weighted by atomic mass is 10.2. The van der Waals surface area contributed by atoms with Crippen LogP contribution in [0.2, 0.25) is 0 Å². The third-order valence-electron chi connectivity index (χ3n) is 1.69. The van der Waals surface area contributed by atoms with Crippen LogP contribution < -0.4 is 0 Å². The van der Waals surface area contributed by atoms with Crippen molar-refractivity contribution < 1.29 is 4.39 Å². The van der Waals surface area contributed by atoms with E-state index in [1.165, 1.54) is 0 Å². The molecule has 0 radical (unpaired) electrons. The second-order valence-electron chi connectivity index (χ2n) is 2.89. The van der Waals surface area contributed by atoms with Gasteiger partial charge in [0.2, 0.25) is 0 Å². The largest absolute Gasteiger partial charge is 0.233 e. The quantitative estimate of drug-likeness (QED) is 0.607. The van der Waals surface area contributed by atoms with Gasteiger partial charge in [-0.1, -0.05) is 43.4 Å². The van der Waals surface area contributed by atoms with E-state index in [9.17, 15) is 4.39 Å². The van der Waals surface area contributed by atoms with E-state index in [1.54, 1.807) is 0 Å². The average molecular weight is 176 g/mol. The molecule has 0 saturated heterocycles.